The molecule has 12 heteroatoms. The van der Waals surface area contributed by atoms with Crippen LogP contribution in [0.3, 0.4) is 0 Å². The Morgan fingerprint density at radius 3 is 2.23 bits per heavy atom. The van der Waals surface area contributed by atoms with Gasteiger partial charge in [-0.05, 0) is 49.2 Å². The molecule has 0 radical (unpaired) electrons. The Bertz CT molecular complexity index is 1070. The molecule has 0 saturated carbocycles. The summed E-state index contributed by atoms with van der Waals surface area (Å²) in [7, 11) is -2.04. The van der Waals surface area contributed by atoms with E-state index < -0.39 is 37.9 Å². The number of hydrogen-bond acceptors (Lipinski definition) is 7. The maximum absolute atomic E-state index is 13.2. The van der Waals surface area contributed by atoms with Crippen LogP contribution in [0.1, 0.15) is 33.6 Å². The van der Waals surface area contributed by atoms with Gasteiger partial charge in [-0.3, -0.25) is 10.0 Å². The van der Waals surface area contributed by atoms with E-state index in [1.54, 1.807) is 24.3 Å². The van der Waals surface area contributed by atoms with E-state index in [0.717, 1.165) is 12.1 Å². The predicted molar refractivity (Wildman–Crippen MR) is 112 cm³/mol. The van der Waals surface area contributed by atoms with Crippen LogP contribution in [-0.4, -0.2) is 54.1 Å². The molecule has 1 aliphatic rings. The number of amides is 1. The maximum Gasteiger partial charge on any atom is 0.336 e. The van der Waals surface area contributed by atoms with Crippen molar-refractivity contribution >= 4 is 31.4 Å². The summed E-state index contributed by atoms with van der Waals surface area (Å²) in [6.07, 6.45) is 0.600. The lowest BCUT2D eigenvalue weighted by atomic mass is 10.1. The number of nitrogens with one attached hydrogen (secondary N) is 1. The molecule has 1 fully saturated rings. The van der Waals surface area contributed by atoms with Crippen molar-refractivity contribution in [3.8, 4) is 11.5 Å². The van der Waals surface area contributed by atoms with Crippen LogP contribution in [0.15, 0.2) is 47.4 Å². The largest absolute Gasteiger partial charge is 0.490 e. The van der Waals surface area contributed by atoms with E-state index in [4.69, 9.17) is 14.5 Å². The van der Waals surface area contributed by atoms with Crippen molar-refractivity contribution < 1.29 is 37.6 Å². The van der Waals surface area contributed by atoms with Crippen LogP contribution in [0, 0.1) is 0 Å². The average Bonchev–Trinajstić information content (AvgIpc) is 2.78. The van der Waals surface area contributed by atoms with Crippen LogP contribution < -0.4 is 14.7 Å². The smallest absolute Gasteiger partial charge is 0.336 e. The van der Waals surface area contributed by atoms with Crippen LogP contribution in [0.2, 0.25) is 0 Å². The summed E-state index contributed by atoms with van der Waals surface area (Å²) >= 11 is 0. The lowest BCUT2D eigenvalue weighted by Crippen LogP contribution is -2.42. The van der Waals surface area contributed by atoms with Gasteiger partial charge in [-0.2, -0.15) is 4.31 Å². The molecule has 31 heavy (non-hydrogen) atoms. The van der Waals surface area contributed by atoms with Gasteiger partial charge in [0.2, 0.25) is 10.0 Å². The monoisotopic (exact) mass is 468 g/mol. The van der Waals surface area contributed by atoms with Gasteiger partial charge in [0.1, 0.15) is 17.6 Å². The molecule has 166 valence electrons. The molecule has 1 heterocycles. The Hall–Kier alpha value is -2.72. The highest BCUT2D eigenvalue weighted by atomic mass is 32.2. The van der Waals surface area contributed by atoms with E-state index in [1.807, 2.05) is 0 Å². The first-order valence-electron chi connectivity index (χ1n) is 9.22. The molecule has 3 rings (SSSR count). The summed E-state index contributed by atoms with van der Waals surface area (Å²) in [6, 6.07) is 10.5. The van der Waals surface area contributed by atoms with Crippen molar-refractivity contribution in [2.75, 3.05) is 13.1 Å². The highest BCUT2D eigenvalue weighted by molar-refractivity contribution is 7.89. The fourth-order valence-electron chi connectivity index (χ4n) is 3.33. The third kappa shape index (κ3) is 4.96. The summed E-state index contributed by atoms with van der Waals surface area (Å²) in [5.41, 5.74) is 0.176. The molecule has 2 aromatic carbocycles. The molecular weight excluding hydrogens is 447 g/mol. The molecule has 10 nitrogen and oxygen atoms in total. The van der Waals surface area contributed by atoms with Crippen molar-refractivity contribution in [1.29, 1.82) is 0 Å². The number of benzene rings is 2. The third-order valence-electron chi connectivity index (χ3n) is 4.87. The molecular formula is C19H21N2O8PS. The number of rotatable bonds is 7. The first kappa shape index (κ1) is 23.0. The van der Waals surface area contributed by atoms with E-state index in [9.17, 15) is 23.1 Å². The molecule has 0 aromatic heterocycles. The number of sulfonamides is 1. The molecule has 0 bridgehead atoms. The minimum Gasteiger partial charge on any atom is -0.490 e. The summed E-state index contributed by atoms with van der Waals surface area (Å²) in [5.74, 6) is -1.42. The zero-order valence-electron chi connectivity index (χ0n) is 16.2. The van der Waals surface area contributed by atoms with Gasteiger partial charge in [-0.15, -0.1) is 0 Å². The van der Waals surface area contributed by atoms with Gasteiger partial charge in [0.25, 0.3) is 5.91 Å². The van der Waals surface area contributed by atoms with E-state index in [2.05, 4.69) is 9.47 Å². The van der Waals surface area contributed by atoms with Gasteiger partial charge >= 0.3 is 5.97 Å². The van der Waals surface area contributed by atoms with Gasteiger partial charge in [0.15, 0.2) is 0 Å². The highest BCUT2D eigenvalue weighted by Crippen LogP contribution is 2.28. The van der Waals surface area contributed by atoms with Crippen LogP contribution in [0.25, 0.3) is 0 Å². The van der Waals surface area contributed by atoms with Crippen molar-refractivity contribution in [2.45, 2.75) is 23.8 Å². The second-order valence-corrected chi connectivity index (χ2v) is 8.88. The fraction of sp³-hybridized carbons (Fsp3) is 0.263. The van der Waals surface area contributed by atoms with E-state index in [1.165, 1.54) is 15.9 Å². The van der Waals surface area contributed by atoms with Crippen LogP contribution in [-0.2, 0) is 10.0 Å². The molecule has 2 aromatic rings. The zero-order valence-corrected chi connectivity index (χ0v) is 18.2. The second kappa shape index (κ2) is 9.61. The zero-order chi connectivity index (χ0) is 22.6. The Kier molecular flexibility index (Phi) is 7.11. The molecule has 1 saturated heterocycles. The fourth-order valence-corrected chi connectivity index (χ4v) is 5.17. The minimum absolute atomic E-state index is 0.122. The predicted octanol–water partition coefficient (Wildman–Crippen LogP) is 1.90. The summed E-state index contributed by atoms with van der Waals surface area (Å²) < 4.78 is 38.4. The van der Waals surface area contributed by atoms with Crippen molar-refractivity contribution in [1.82, 2.24) is 9.79 Å². The normalized spacial score (nSPS) is 15.3. The first-order valence-corrected chi connectivity index (χ1v) is 11.1. The van der Waals surface area contributed by atoms with Gasteiger partial charge in [0.05, 0.1) is 25.5 Å². The van der Waals surface area contributed by atoms with Crippen LogP contribution >= 0.6 is 9.47 Å². The van der Waals surface area contributed by atoms with E-state index in [-0.39, 0.29) is 19.2 Å². The summed E-state index contributed by atoms with van der Waals surface area (Å²) in [5, 5.41) is 18.3. The number of carbonyl (C=O) groups is 2. The number of nitrogens with zero attached hydrogens (tertiary/aromatic N) is 1. The molecule has 1 atom stereocenters. The van der Waals surface area contributed by atoms with Crippen molar-refractivity contribution in [2.24, 2.45) is 0 Å². The van der Waals surface area contributed by atoms with Crippen molar-refractivity contribution in [3.63, 3.8) is 0 Å². The number of hydroxylamine groups is 1. The van der Waals surface area contributed by atoms with Crippen LogP contribution in [0.5, 0.6) is 11.5 Å². The van der Waals surface area contributed by atoms with Gasteiger partial charge < -0.3 is 14.4 Å². The summed E-state index contributed by atoms with van der Waals surface area (Å²) in [4.78, 5) is 23.0. The van der Waals surface area contributed by atoms with Gasteiger partial charge in [0, 0.05) is 13.1 Å². The van der Waals surface area contributed by atoms with E-state index in [0.29, 0.717) is 24.3 Å². The number of carbonyl (C=O) groups excluding carboxylic acids is 1. The molecule has 0 aliphatic carbocycles. The standard InChI is InChI=1S/C19H21N2O8PS/c22-18(20-25)17-15(19(23)24)2-1-3-16(17)31(26,27)21-10-8-13(9-11-21)28-12-4-6-14(29-30)7-5-12/h1-7,13,25H,8-11,30H2,(H,20,22)(H,23,24). The maximum atomic E-state index is 13.2. The van der Waals surface area contributed by atoms with E-state index >= 15 is 0 Å². The Balaban J connectivity index is 1.77. The molecule has 3 N–H and O–H groups in total. The lowest BCUT2D eigenvalue weighted by molar-refractivity contribution is 0.0659. The first-order chi connectivity index (χ1) is 14.8. The highest BCUT2D eigenvalue weighted by Gasteiger charge is 2.34. The number of hydrogen-bond donors (Lipinski definition) is 3. The number of aromatic carboxylic acids is 1. The second-order valence-electron chi connectivity index (χ2n) is 6.74. The Labute approximate surface area is 181 Å². The molecule has 1 amide bonds. The van der Waals surface area contributed by atoms with Crippen molar-refractivity contribution in [3.05, 3.63) is 53.6 Å². The molecule has 1 aliphatic heterocycles. The molecule has 1 unspecified atom stereocenters. The Morgan fingerprint density at radius 2 is 1.68 bits per heavy atom. The number of carboxylic acid groups (broad SMARTS) is 1. The minimum atomic E-state index is -4.19. The number of carboxylic acids is 1. The van der Waals surface area contributed by atoms with Gasteiger partial charge in [-0.1, -0.05) is 6.07 Å². The topological polar surface area (TPSA) is 142 Å². The number of piperidine rings is 1. The molecule has 0 spiro atoms. The van der Waals surface area contributed by atoms with Crippen LogP contribution in [0.4, 0.5) is 0 Å². The Morgan fingerprint density at radius 1 is 1.06 bits per heavy atom. The third-order valence-corrected chi connectivity index (χ3v) is 7.08. The SMILES string of the molecule is O=C(O)c1cccc(S(=O)(=O)N2CCC(Oc3ccc(OP)cc3)CC2)c1C(=O)NO. The lowest BCUT2D eigenvalue weighted by Gasteiger charge is -2.32. The average molecular weight is 468 g/mol. The number of ether oxygens (including phenoxy) is 1. The van der Waals surface area contributed by atoms with Gasteiger partial charge in [-0.25, -0.2) is 18.7 Å². The quantitative estimate of drug-likeness (QED) is 0.318. The summed E-state index contributed by atoms with van der Waals surface area (Å²) in [6.45, 7) is 0.245.